The van der Waals surface area contributed by atoms with Gasteiger partial charge in [-0.1, -0.05) is 29.8 Å². The largest absolute Gasteiger partial charge is 0.396 e. The maximum atomic E-state index is 11.7. The second-order valence-electron chi connectivity index (χ2n) is 5.00. The summed E-state index contributed by atoms with van der Waals surface area (Å²) in [4.78, 5) is 11.7. The van der Waals surface area contributed by atoms with Crippen LogP contribution in [0.2, 0.25) is 5.02 Å². The van der Waals surface area contributed by atoms with Crippen LogP contribution in [-0.4, -0.2) is 24.3 Å². The summed E-state index contributed by atoms with van der Waals surface area (Å²) in [5, 5.41) is 14.9. The van der Waals surface area contributed by atoms with Crippen LogP contribution in [0, 0.1) is 6.92 Å². The van der Waals surface area contributed by atoms with Gasteiger partial charge < -0.3 is 15.7 Å². The second-order valence-corrected chi connectivity index (χ2v) is 5.43. The lowest BCUT2D eigenvalue weighted by Gasteiger charge is -2.11. The number of aliphatic hydroxyl groups excluding tert-OH is 1. The average molecular weight is 319 g/mol. The SMILES string of the molecule is Cc1cc(-c2cccc(Cl)c2)ccc1NC(=O)NCCCO. The number of rotatable bonds is 5. The van der Waals surface area contributed by atoms with Gasteiger partial charge in [0.05, 0.1) is 0 Å². The summed E-state index contributed by atoms with van der Waals surface area (Å²) in [6.07, 6.45) is 0.542. The Kier molecular flexibility index (Phi) is 5.81. The highest BCUT2D eigenvalue weighted by Gasteiger charge is 2.06. The molecule has 22 heavy (non-hydrogen) atoms. The average Bonchev–Trinajstić information content (AvgIpc) is 2.49. The number of hydrogen-bond acceptors (Lipinski definition) is 2. The number of hydrogen-bond donors (Lipinski definition) is 3. The molecule has 0 spiro atoms. The van der Waals surface area contributed by atoms with Crippen molar-refractivity contribution in [3.63, 3.8) is 0 Å². The van der Waals surface area contributed by atoms with E-state index in [2.05, 4.69) is 10.6 Å². The fourth-order valence-corrected chi connectivity index (χ4v) is 2.29. The fourth-order valence-electron chi connectivity index (χ4n) is 2.10. The van der Waals surface area contributed by atoms with Crippen molar-refractivity contribution >= 4 is 23.3 Å². The van der Waals surface area contributed by atoms with Crippen molar-refractivity contribution in [1.29, 1.82) is 0 Å². The van der Waals surface area contributed by atoms with Gasteiger partial charge in [-0.05, 0) is 54.3 Å². The molecule has 4 nitrogen and oxygen atoms in total. The zero-order valence-electron chi connectivity index (χ0n) is 12.4. The predicted octanol–water partition coefficient (Wildman–Crippen LogP) is 3.82. The molecule has 0 bridgehead atoms. The van der Waals surface area contributed by atoms with E-state index in [9.17, 15) is 4.79 Å². The lowest BCUT2D eigenvalue weighted by Crippen LogP contribution is -2.30. The normalized spacial score (nSPS) is 10.3. The zero-order valence-corrected chi connectivity index (χ0v) is 13.2. The smallest absolute Gasteiger partial charge is 0.319 e. The third kappa shape index (κ3) is 4.48. The predicted molar refractivity (Wildman–Crippen MR) is 90.3 cm³/mol. The first kappa shape index (κ1) is 16.3. The molecule has 2 rings (SSSR count). The Bertz CT molecular complexity index is 659. The number of halogens is 1. The molecule has 2 aromatic carbocycles. The quantitative estimate of drug-likeness (QED) is 0.734. The number of aryl methyl sites for hydroxylation is 1. The highest BCUT2D eigenvalue weighted by Crippen LogP contribution is 2.26. The molecule has 0 heterocycles. The van der Waals surface area contributed by atoms with Crippen LogP contribution in [0.25, 0.3) is 11.1 Å². The van der Waals surface area contributed by atoms with Crippen molar-refractivity contribution in [2.45, 2.75) is 13.3 Å². The van der Waals surface area contributed by atoms with Crippen molar-refractivity contribution in [3.8, 4) is 11.1 Å². The minimum absolute atomic E-state index is 0.0631. The first-order valence-corrected chi connectivity index (χ1v) is 7.50. The van der Waals surface area contributed by atoms with E-state index in [1.165, 1.54) is 0 Å². The van der Waals surface area contributed by atoms with Gasteiger partial charge in [0.25, 0.3) is 0 Å². The lowest BCUT2D eigenvalue weighted by molar-refractivity contribution is 0.249. The molecule has 2 aromatic rings. The van der Waals surface area contributed by atoms with Gasteiger partial charge in [-0.15, -0.1) is 0 Å². The van der Waals surface area contributed by atoms with Gasteiger partial charge in [0.1, 0.15) is 0 Å². The van der Waals surface area contributed by atoms with E-state index in [0.717, 1.165) is 22.4 Å². The second kappa shape index (κ2) is 7.82. The van der Waals surface area contributed by atoms with E-state index in [1.54, 1.807) is 0 Å². The molecule has 0 aliphatic heterocycles. The molecular weight excluding hydrogens is 300 g/mol. The van der Waals surface area contributed by atoms with Crippen LogP contribution in [0.4, 0.5) is 10.5 Å². The van der Waals surface area contributed by atoms with E-state index < -0.39 is 0 Å². The highest BCUT2D eigenvalue weighted by molar-refractivity contribution is 6.30. The van der Waals surface area contributed by atoms with Gasteiger partial charge in [0, 0.05) is 23.9 Å². The number of anilines is 1. The van der Waals surface area contributed by atoms with Crippen molar-refractivity contribution in [2.24, 2.45) is 0 Å². The minimum atomic E-state index is -0.271. The van der Waals surface area contributed by atoms with Crippen LogP contribution < -0.4 is 10.6 Å². The van der Waals surface area contributed by atoms with Gasteiger partial charge >= 0.3 is 6.03 Å². The Morgan fingerprint density at radius 3 is 2.64 bits per heavy atom. The van der Waals surface area contributed by atoms with E-state index in [-0.39, 0.29) is 12.6 Å². The summed E-state index contributed by atoms with van der Waals surface area (Å²) in [6, 6.07) is 13.2. The molecule has 2 amide bonds. The Balaban J connectivity index is 2.08. The Morgan fingerprint density at radius 1 is 1.18 bits per heavy atom. The number of benzene rings is 2. The minimum Gasteiger partial charge on any atom is -0.396 e. The summed E-state index contributed by atoms with van der Waals surface area (Å²) in [7, 11) is 0. The van der Waals surface area contributed by atoms with E-state index >= 15 is 0 Å². The first-order valence-electron chi connectivity index (χ1n) is 7.12. The van der Waals surface area contributed by atoms with Crippen LogP contribution in [0.1, 0.15) is 12.0 Å². The molecule has 0 aliphatic carbocycles. The standard InChI is InChI=1S/C17H19ClN2O2/c1-12-10-14(13-4-2-5-15(18)11-13)6-7-16(12)20-17(22)19-8-3-9-21/h2,4-7,10-11,21H,3,8-9H2,1H3,(H2,19,20,22). The van der Waals surface area contributed by atoms with Crippen molar-refractivity contribution in [3.05, 3.63) is 53.1 Å². The number of amides is 2. The summed E-state index contributed by atoms with van der Waals surface area (Å²) in [6.45, 7) is 2.45. The summed E-state index contributed by atoms with van der Waals surface area (Å²) < 4.78 is 0. The van der Waals surface area contributed by atoms with Crippen molar-refractivity contribution < 1.29 is 9.90 Å². The summed E-state index contributed by atoms with van der Waals surface area (Å²) >= 11 is 6.01. The molecule has 0 saturated carbocycles. The molecule has 0 aromatic heterocycles. The summed E-state index contributed by atoms with van der Waals surface area (Å²) in [5.74, 6) is 0. The molecule has 5 heteroatoms. The molecule has 0 aliphatic rings. The molecule has 0 radical (unpaired) electrons. The number of aliphatic hydroxyl groups is 1. The molecule has 116 valence electrons. The molecule has 0 unspecified atom stereocenters. The third-order valence-corrected chi connectivity index (χ3v) is 3.49. The van der Waals surface area contributed by atoms with Gasteiger partial charge in [-0.3, -0.25) is 0 Å². The highest BCUT2D eigenvalue weighted by atomic mass is 35.5. The van der Waals surface area contributed by atoms with Crippen LogP contribution in [0.15, 0.2) is 42.5 Å². The number of carbonyl (C=O) groups is 1. The van der Waals surface area contributed by atoms with E-state index in [4.69, 9.17) is 16.7 Å². The maximum absolute atomic E-state index is 11.7. The van der Waals surface area contributed by atoms with E-state index in [1.807, 2.05) is 49.4 Å². The molecule has 3 N–H and O–H groups in total. The first-order chi connectivity index (χ1) is 10.6. The van der Waals surface area contributed by atoms with Gasteiger partial charge in [0.2, 0.25) is 0 Å². The number of carbonyl (C=O) groups excluding carboxylic acids is 1. The van der Waals surface area contributed by atoms with Crippen LogP contribution in [0.3, 0.4) is 0 Å². The fraction of sp³-hybridized carbons (Fsp3) is 0.235. The monoisotopic (exact) mass is 318 g/mol. The van der Waals surface area contributed by atoms with Gasteiger partial charge in [-0.25, -0.2) is 4.79 Å². The zero-order chi connectivity index (χ0) is 15.9. The Labute approximate surface area is 135 Å². The van der Waals surface area contributed by atoms with E-state index in [0.29, 0.717) is 18.0 Å². The molecule has 0 saturated heterocycles. The van der Waals surface area contributed by atoms with Crippen molar-refractivity contribution in [2.75, 3.05) is 18.5 Å². The molecule has 0 atom stereocenters. The van der Waals surface area contributed by atoms with Gasteiger partial charge in [-0.2, -0.15) is 0 Å². The lowest BCUT2D eigenvalue weighted by atomic mass is 10.0. The Hall–Kier alpha value is -2.04. The van der Waals surface area contributed by atoms with Crippen LogP contribution in [0.5, 0.6) is 0 Å². The molecule has 0 fully saturated rings. The van der Waals surface area contributed by atoms with Crippen LogP contribution in [-0.2, 0) is 0 Å². The number of urea groups is 1. The van der Waals surface area contributed by atoms with Gasteiger partial charge in [0.15, 0.2) is 0 Å². The topological polar surface area (TPSA) is 61.4 Å². The third-order valence-electron chi connectivity index (χ3n) is 3.25. The Morgan fingerprint density at radius 2 is 1.95 bits per heavy atom. The van der Waals surface area contributed by atoms with Crippen LogP contribution >= 0.6 is 11.6 Å². The van der Waals surface area contributed by atoms with Crippen molar-refractivity contribution in [1.82, 2.24) is 5.32 Å². The summed E-state index contributed by atoms with van der Waals surface area (Å²) in [5.41, 5.74) is 3.81. The molecular formula is C17H19ClN2O2. The maximum Gasteiger partial charge on any atom is 0.319 e. The number of nitrogens with one attached hydrogen (secondary N) is 2.